The molecule has 0 saturated heterocycles. The second-order valence-corrected chi connectivity index (χ2v) is 6.11. The van der Waals surface area contributed by atoms with Crippen LogP contribution in [-0.4, -0.2) is 32.1 Å². The average molecular weight is 357 g/mol. The number of nitro groups is 1. The summed E-state index contributed by atoms with van der Waals surface area (Å²) in [6.07, 6.45) is 4.34. The van der Waals surface area contributed by atoms with Gasteiger partial charge in [-0.05, 0) is 11.6 Å². The number of thiazole rings is 1. The number of nitro benzene ring substituents is 1. The van der Waals surface area contributed by atoms with Crippen LogP contribution in [-0.2, 0) is 17.6 Å². The van der Waals surface area contributed by atoms with Gasteiger partial charge in [0, 0.05) is 42.9 Å². The molecule has 0 saturated carbocycles. The summed E-state index contributed by atoms with van der Waals surface area (Å²) in [5.41, 5.74) is 1.64. The first-order chi connectivity index (χ1) is 12.1. The van der Waals surface area contributed by atoms with Gasteiger partial charge in [-0.1, -0.05) is 12.1 Å². The van der Waals surface area contributed by atoms with Crippen LogP contribution < -0.4 is 5.32 Å². The van der Waals surface area contributed by atoms with Gasteiger partial charge >= 0.3 is 0 Å². The average Bonchev–Trinajstić information content (AvgIpc) is 3.26. The van der Waals surface area contributed by atoms with Crippen LogP contribution in [0.4, 0.5) is 5.69 Å². The largest absolute Gasteiger partial charge is 0.355 e. The van der Waals surface area contributed by atoms with Gasteiger partial charge in [0.05, 0.1) is 17.0 Å². The summed E-state index contributed by atoms with van der Waals surface area (Å²) < 4.78 is 1.70. The van der Waals surface area contributed by atoms with E-state index < -0.39 is 4.92 Å². The number of hydrogen-bond acceptors (Lipinski definition) is 6. The number of carbonyl (C=O) groups excluding carboxylic acids is 1. The summed E-state index contributed by atoms with van der Waals surface area (Å²) in [5.74, 6) is -0.128. The van der Waals surface area contributed by atoms with Crippen molar-refractivity contribution >= 4 is 22.9 Å². The summed E-state index contributed by atoms with van der Waals surface area (Å²) in [7, 11) is 0. The first kappa shape index (κ1) is 16.8. The standard InChI is InChI=1S/C16H15N5O3S/c22-15(10-12-2-4-14(5-3-12)21(23)24)17-8-6-13-11-25-16(19-13)20-9-1-7-18-20/h1-5,7,9,11H,6,8,10H2,(H,17,22). The lowest BCUT2D eigenvalue weighted by Crippen LogP contribution is -2.27. The molecule has 0 unspecified atom stereocenters. The minimum Gasteiger partial charge on any atom is -0.355 e. The summed E-state index contributed by atoms with van der Waals surface area (Å²) in [4.78, 5) is 26.5. The Kier molecular flexibility index (Phi) is 5.14. The highest BCUT2D eigenvalue weighted by Crippen LogP contribution is 2.14. The van der Waals surface area contributed by atoms with Crippen LogP contribution in [0.25, 0.3) is 5.13 Å². The van der Waals surface area contributed by atoms with E-state index in [0.717, 1.165) is 16.4 Å². The number of carbonyl (C=O) groups is 1. The SMILES string of the molecule is O=C(Cc1ccc([N+](=O)[O-])cc1)NCCc1csc(-n2cccn2)n1. The number of nitrogens with one attached hydrogen (secondary N) is 1. The van der Waals surface area contributed by atoms with Gasteiger partial charge in [0.25, 0.3) is 5.69 Å². The van der Waals surface area contributed by atoms with Gasteiger partial charge in [0.1, 0.15) is 0 Å². The summed E-state index contributed by atoms with van der Waals surface area (Å²) >= 11 is 1.49. The number of nitrogens with zero attached hydrogens (tertiary/aromatic N) is 4. The van der Waals surface area contributed by atoms with Gasteiger partial charge < -0.3 is 5.32 Å². The Balaban J connectivity index is 1.45. The molecule has 0 spiro atoms. The van der Waals surface area contributed by atoms with Gasteiger partial charge in [0.15, 0.2) is 0 Å². The molecule has 128 valence electrons. The Labute approximate surface area is 147 Å². The van der Waals surface area contributed by atoms with Crippen molar-refractivity contribution in [2.24, 2.45) is 0 Å². The number of benzene rings is 1. The van der Waals surface area contributed by atoms with E-state index in [4.69, 9.17) is 0 Å². The number of rotatable bonds is 7. The molecule has 2 heterocycles. The molecule has 0 radical (unpaired) electrons. The predicted octanol–water partition coefficient (Wildman–Crippen LogP) is 2.14. The lowest BCUT2D eigenvalue weighted by molar-refractivity contribution is -0.384. The van der Waals surface area contributed by atoms with Crippen molar-refractivity contribution in [3.63, 3.8) is 0 Å². The minimum atomic E-state index is -0.463. The second-order valence-electron chi connectivity index (χ2n) is 5.27. The fourth-order valence-electron chi connectivity index (χ4n) is 2.21. The van der Waals surface area contributed by atoms with Crippen molar-refractivity contribution in [1.82, 2.24) is 20.1 Å². The maximum Gasteiger partial charge on any atom is 0.269 e. The number of amides is 1. The molecule has 0 aliphatic heterocycles. The molecule has 0 bridgehead atoms. The van der Waals surface area contributed by atoms with E-state index in [9.17, 15) is 14.9 Å². The van der Waals surface area contributed by atoms with Gasteiger partial charge in [-0.3, -0.25) is 14.9 Å². The number of non-ortho nitro benzene ring substituents is 1. The number of hydrogen-bond donors (Lipinski definition) is 1. The molecule has 25 heavy (non-hydrogen) atoms. The lowest BCUT2D eigenvalue weighted by Gasteiger charge is -2.04. The maximum atomic E-state index is 11.9. The van der Waals surface area contributed by atoms with E-state index >= 15 is 0 Å². The Morgan fingerprint density at radius 2 is 2.12 bits per heavy atom. The Bertz CT molecular complexity index is 858. The zero-order valence-electron chi connectivity index (χ0n) is 13.2. The van der Waals surface area contributed by atoms with Gasteiger partial charge in [-0.15, -0.1) is 11.3 Å². The predicted molar refractivity (Wildman–Crippen MR) is 92.8 cm³/mol. The number of aromatic nitrogens is 3. The van der Waals surface area contributed by atoms with E-state index in [1.807, 2.05) is 17.6 Å². The molecule has 1 N–H and O–H groups in total. The Morgan fingerprint density at radius 3 is 2.80 bits per heavy atom. The molecule has 3 rings (SSSR count). The van der Waals surface area contributed by atoms with Crippen LogP contribution in [0.2, 0.25) is 0 Å². The van der Waals surface area contributed by atoms with Crippen LogP contribution in [0.15, 0.2) is 48.1 Å². The van der Waals surface area contributed by atoms with Gasteiger partial charge in [0.2, 0.25) is 11.0 Å². The van der Waals surface area contributed by atoms with Crippen molar-refractivity contribution in [1.29, 1.82) is 0 Å². The summed E-state index contributed by atoms with van der Waals surface area (Å²) in [6.45, 7) is 0.480. The fraction of sp³-hybridized carbons (Fsp3) is 0.188. The molecule has 0 aliphatic carbocycles. The molecule has 2 aromatic heterocycles. The highest BCUT2D eigenvalue weighted by atomic mass is 32.1. The fourth-order valence-corrected chi connectivity index (χ4v) is 3.01. The first-order valence-corrected chi connectivity index (χ1v) is 8.44. The van der Waals surface area contributed by atoms with E-state index in [2.05, 4.69) is 15.4 Å². The topological polar surface area (TPSA) is 103 Å². The van der Waals surface area contributed by atoms with Crippen molar-refractivity contribution in [3.8, 4) is 5.13 Å². The van der Waals surface area contributed by atoms with E-state index in [0.29, 0.717) is 13.0 Å². The van der Waals surface area contributed by atoms with Crippen molar-refractivity contribution in [2.45, 2.75) is 12.8 Å². The van der Waals surface area contributed by atoms with Gasteiger partial charge in [-0.2, -0.15) is 5.10 Å². The van der Waals surface area contributed by atoms with Crippen LogP contribution in [0.3, 0.4) is 0 Å². The van der Waals surface area contributed by atoms with Crippen LogP contribution in [0, 0.1) is 10.1 Å². The third-order valence-corrected chi connectivity index (χ3v) is 4.33. The molecule has 3 aromatic rings. The summed E-state index contributed by atoms with van der Waals surface area (Å²) in [5, 5.41) is 20.3. The highest BCUT2D eigenvalue weighted by molar-refractivity contribution is 7.12. The molecule has 9 heteroatoms. The van der Waals surface area contributed by atoms with Crippen molar-refractivity contribution in [3.05, 3.63) is 69.5 Å². The zero-order valence-corrected chi connectivity index (χ0v) is 14.0. The zero-order chi connectivity index (χ0) is 17.6. The van der Waals surface area contributed by atoms with Crippen LogP contribution in [0.5, 0.6) is 0 Å². The Morgan fingerprint density at radius 1 is 1.32 bits per heavy atom. The van der Waals surface area contributed by atoms with E-state index in [-0.39, 0.29) is 18.0 Å². The molecule has 0 fully saturated rings. The molecule has 0 aliphatic rings. The van der Waals surface area contributed by atoms with E-state index in [1.165, 1.54) is 23.5 Å². The van der Waals surface area contributed by atoms with Crippen molar-refractivity contribution < 1.29 is 9.72 Å². The van der Waals surface area contributed by atoms with E-state index in [1.54, 1.807) is 23.0 Å². The molecule has 8 nitrogen and oxygen atoms in total. The second kappa shape index (κ2) is 7.67. The van der Waals surface area contributed by atoms with Crippen LogP contribution >= 0.6 is 11.3 Å². The Hall–Kier alpha value is -3.07. The third kappa shape index (κ3) is 4.48. The van der Waals surface area contributed by atoms with Gasteiger partial charge in [-0.25, -0.2) is 9.67 Å². The van der Waals surface area contributed by atoms with Crippen molar-refractivity contribution in [2.75, 3.05) is 6.54 Å². The molecule has 1 amide bonds. The maximum absolute atomic E-state index is 11.9. The molecule has 0 atom stereocenters. The van der Waals surface area contributed by atoms with Crippen LogP contribution in [0.1, 0.15) is 11.3 Å². The summed E-state index contributed by atoms with van der Waals surface area (Å²) in [6, 6.07) is 7.81. The normalized spacial score (nSPS) is 10.6. The highest BCUT2D eigenvalue weighted by Gasteiger charge is 2.08. The minimum absolute atomic E-state index is 0.0145. The first-order valence-electron chi connectivity index (χ1n) is 7.56. The third-order valence-electron chi connectivity index (χ3n) is 3.46. The monoisotopic (exact) mass is 357 g/mol. The quantitative estimate of drug-likeness (QED) is 0.515. The molecule has 1 aromatic carbocycles. The lowest BCUT2D eigenvalue weighted by atomic mass is 10.1. The molecular weight excluding hydrogens is 342 g/mol. The molecular formula is C16H15N5O3S. The smallest absolute Gasteiger partial charge is 0.269 e.